The van der Waals surface area contributed by atoms with Gasteiger partial charge in [0.25, 0.3) is 0 Å². The van der Waals surface area contributed by atoms with Crippen molar-refractivity contribution in [2.45, 2.75) is 26.7 Å². The second-order valence-electron chi connectivity index (χ2n) is 2.24. The largest absolute Gasteiger partial charge is 0.468 e. The van der Waals surface area contributed by atoms with Crippen LogP contribution in [0.1, 0.15) is 26.7 Å². The van der Waals surface area contributed by atoms with Gasteiger partial charge in [0.05, 0.1) is 22.0 Å². The first-order valence-electron chi connectivity index (χ1n) is 3.75. The van der Waals surface area contributed by atoms with Gasteiger partial charge in [-0.15, -0.1) is 0 Å². The zero-order valence-corrected chi connectivity index (χ0v) is 7.61. The second-order valence-corrected chi connectivity index (χ2v) is 3.60. The summed E-state index contributed by atoms with van der Waals surface area (Å²) in [5.74, 6) is 0.869. The number of hydrogen-bond acceptors (Lipinski definition) is 2. The summed E-state index contributed by atoms with van der Waals surface area (Å²) in [5, 5.41) is 1.58. The molecule has 0 aromatic rings. The molecule has 0 radical (unpaired) electrons. The SMILES string of the molecule is CCC1=C(CC)S(=O)C=CO1. The molecule has 1 aliphatic heterocycles. The average molecular weight is 172 g/mol. The Hall–Kier alpha value is -0.570. The van der Waals surface area contributed by atoms with Crippen LogP contribution >= 0.6 is 0 Å². The van der Waals surface area contributed by atoms with Gasteiger partial charge in [0.1, 0.15) is 5.76 Å². The van der Waals surface area contributed by atoms with Crippen molar-refractivity contribution in [3.8, 4) is 0 Å². The maximum absolute atomic E-state index is 11.3. The number of allylic oxidation sites excluding steroid dienone is 2. The van der Waals surface area contributed by atoms with E-state index in [0.29, 0.717) is 0 Å². The number of ether oxygens (including phenoxy) is 1. The lowest BCUT2D eigenvalue weighted by molar-refractivity contribution is 0.332. The molecule has 1 rings (SSSR count). The molecule has 1 atom stereocenters. The third kappa shape index (κ3) is 1.71. The van der Waals surface area contributed by atoms with Crippen LogP contribution in [-0.4, -0.2) is 4.21 Å². The van der Waals surface area contributed by atoms with Crippen molar-refractivity contribution in [2.75, 3.05) is 0 Å². The van der Waals surface area contributed by atoms with E-state index in [4.69, 9.17) is 4.74 Å². The molecule has 3 heteroatoms. The van der Waals surface area contributed by atoms with Crippen molar-refractivity contribution < 1.29 is 8.95 Å². The highest BCUT2D eigenvalue weighted by atomic mass is 32.2. The molecular weight excluding hydrogens is 160 g/mol. The van der Waals surface area contributed by atoms with Crippen LogP contribution in [0.15, 0.2) is 22.3 Å². The van der Waals surface area contributed by atoms with Gasteiger partial charge in [-0.3, -0.25) is 0 Å². The molecule has 0 bridgehead atoms. The third-order valence-electron chi connectivity index (χ3n) is 1.59. The van der Waals surface area contributed by atoms with Crippen LogP contribution in [0.5, 0.6) is 0 Å². The van der Waals surface area contributed by atoms with Gasteiger partial charge in [-0.05, 0) is 6.42 Å². The van der Waals surface area contributed by atoms with E-state index in [9.17, 15) is 4.21 Å². The van der Waals surface area contributed by atoms with Crippen LogP contribution in [0, 0.1) is 0 Å². The molecular formula is C8H12O2S. The molecule has 11 heavy (non-hydrogen) atoms. The first-order chi connectivity index (χ1) is 5.29. The highest BCUT2D eigenvalue weighted by Crippen LogP contribution is 2.22. The summed E-state index contributed by atoms with van der Waals surface area (Å²) >= 11 is 0. The molecule has 0 aromatic carbocycles. The maximum atomic E-state index is 11.3. The third-order valence-corrected chi connectivity index (χ3v) is 2.95. The van der Waals surface area contributed by atoms with Gasteiger partial charge >= 0.3 is 0 Å². The first kappa shape index (κ1) is 8.53. The van der Waals surface area contributed by atoms with E-state index in [1.54, 1.807) is 5.41 Å². The lowest BCUT2D eigenvalue weighted by Crippen LogP contribution is -2.02. The van der Waals surface area contributed by atoms with E-state index in [1.807, 2.05) is 13.8 Å². The molecule has 0 N–H and O–H groups in total. The van der Waals surface area contributed by atoms with Gasteiger partial charge in [-0.25, -0.2) is 4.21 Å². The van der Waals surface area contributed by atoms with Gasteiger partial charge in [-0.1, -0.05) is 13.8 Å². The van der Waals surface area contributed by atoms with Crippen LogP contribution in [0.2, 0.25) is 0 Å². The van der Waals surface area contributed by atoms with E-state index >= 15 is 0 Å². The Balaban J connectivity index is 2.90. The predicted octanol–water partition coefficient (Wildman–Crippen LogP) is 2.27. The summed E-state index contributed by atoms with van der Waals surface area (Å²) in [4.78, 5) is 0.926. The summed E-state index contributed by atoms with van der Waals surface area (Å²) in [7, 11) is -0.934. The minimum atomic E-state index is -0.934. The highest BCUT2D eigenvalue weighted by molar-refractivity contribution is 7.91. The molecule has 0 saturated heterocycles. The van der Waals surface area contributed by atoms with Crippen molar-refractivity contribution in [1.29, 1.82) is 0 Å². The van der Waals surface area contributed by atoms with Crippen molar-refractivity contribution in [2.24, 2.45) is 0 Å². The van der Waals surface area contributed by atoms with Crippen LogP contribution in [0.4, 0.5) is 0 Å². The Morgan fingerprint density at radius 1 is 1.45 bits per heavy atom. The fourth-order valence-electron chi connectivity index (χ4n) is 1.04. The Morgan fingerprint density at radius 2 is 2.18 bits per heavy atom. The van der Waals surface area contributed by atoms with Crippen molar-refractivity contribution in [3.63, 3.8) is 0 Å². The summed E-state index contributed by atoms with van der Waals surface area (Å²) in [6.07, 6.45) is 3.13. The summed E-state index contributed by atoms with van der Waals surface area (Å²) in [6.45, 7) is 3.99. The Labute approximate surface area is 69.4 Å². The number of hydrogen-bond donors (Lipinski definition) is 0. The van der Waals surface area contributed by atoms with Crippen molar-refractivity contribution in [1.82, 2.24) is 0 Å². The molecule has 62 valence electrons. The number of rotatable bonds is 2. The first-order valence-corrected chi connectivity index (χ1v) is 4.96. The lowest BCUT2D eigenvalue weighted by atomic mass is 10.3. The topological polar surface area (TPSA) is 26.3 Å². The van der Waals surface area contributed by atoms with E-state index in [2.05, 4.69) is 0 Å². The van der Waals surface area contributed by atoms with E-state index in [-0.39, 0.29) is 0 Å². The quantitative estimate of drug-likeness (QED) is 0.638. The molecule has 0 saturated carbocycles. The van der Waals surface area contributed by atoms with E-state index in [0.717, 1.165) is 23.5 Å². The Morgan fingerprint density at radius 3 is 2.64 bits per heavy atom. The molecule has 0 aliphatic carbocycles. The van der Waals surface area contributed by atoms with Crippen LogP contribution in [-0.2, 0) is 15.5 Å². The molecule has 1 aliphatic rings. The summed E-state index contributed by atoms with van der Waals surface area (Å²) < 4.78 is 16.5. The lowest BCUT2D eigenvalue weighted by Gasteiger charge is -2.13. The zero-order chi connectivity index (χ0) is 8.27. The summed E-state index contributed by atoms with van der Waals surface area (Å²) in [6, 6.07) is 0. The fraction of sp³-hybridized carbons (Fsp3) is 0.500. The summed E-state index contributed by atoms with van der Waals surface area (Å²) in [5.41, 5.74) is 0. The van der Waals surface area contributed by atoms with Gasteiger partial charge in [-0.2, -0.15) is 0 Å². The Bertz CT molecular complexity index is 228. The predicted molar refractivity (Wildman–Crippen MR) is 46.0 cm³/mol. The van der Waals surface area contributed by atoms with Gasteiger partial charge in [0, 0.05) is 11.8 Å². The molecule has 1 heterocycles. The van der Waals surface area contributed by atoms with E-state index in [1.165, 1.54) is 6.26 Å². The monoisotopic (exact) mass is 172 g/mol. The van der Waals surface area contributed by atoms with E-state index < -0.39 is 10.8 Å². The minimum absolute atomic E-state index is 0.806. The van der Waals surface area contributed by atoms with Crippen LogP contribution in [0.3, 0.4) is 0 Å². The van der Waals surface area contributed by atoms with Crippen LogP contribution in [0.25, 0.3) is 0 Å². The van der Waals surface area contributed by atoms with Gasteiger partial charge in [0.15, 0.2) is 0 Å². The smallest absolute Gasteiger partial charge is 0.115 e. The normalized spacial score (nSPS) is 23.6. The molecule has 0 amide bonds. The fourth-order valence-corrected chi connectivity index (χ4v) is 2.06. The van der Waals surface area contributed by atoms with Crippen LogP contribution < -0.4 is 0 Å². The van der Waals surface area contributed by atoms with Gasteiger partial charge in [0.2, 0.25) is 0 Å². The highest BCUT2D eigenvalue weighted by Gasteiger charge is 2.13. The minimum Gasteiger partial charge on any atom is -0.468 e. The molecule has 2 nitrogen and oxygen atoms in total. The molecule has 1 unspecified atom stereocenters. The maximum Gasteiger partial charge on any atom is 0.115 e. The molecule has 0 spiro atoms. The second kappa shape index (κ2) is 3.72. The van der Waals surface area contributed by atoms with Crippen molar-refractivity contribution in [3.05, 3.63) is 22.3 Å². The molecule has 0 aromatic heterocycles. The molecule has 0 fully saturated rings. The van der Waals surface area contributed by atoms with Gasteiger partial charge < -0.3 is 4.74 Å². The average Bonchev–Trinajstić information content (AvgIpc) is 2.04. The van der Waals surface area contributed by atoms with Crippen molar-refractivity contribution >= 4 is 10.8 Å². The standard InChI is InChI=1S/C8H12O2S/c1-3-7-8(4-2)11(9)6-5-10-7/h5-6H,3-4H2,1-2H3. The Kier molecular flexibility index (Phi) is 2.88. The zero-order valence-electron chi connectivity index (χ0n) is 6.79.